The molecule has 0 bridgehead atoms. The van der Waals surface area contributed by atoms with Crippen molar-refractivity contribution in [1.82, 2.24) is 40.3 Å². The number of carbonyl (C=O) groups is 1. The fraction of sp³-hybridized carbons (Fsp3) is 0.375. The predicted molar refractivity (Wildman–Crippen MR) is 96.8 cm³/mol. The number of amides is 2. The van der Waals surface area contributed by atoms with Gasteiger partial charge < -0.3 is 15.4 Å². The van der Waals surface area contributed by atoms with Crippen LogP contribution in [0.15, 0.2) is 24.5 Å². The maximum atomic E-state index is 12.1. The van der Waals surface area contributed by atoms with Gasteiger partial charge in [0.15, 0.2) is 0 Å². The van der Waals surface area contributed by atoms with E-state index in [2.05, 4.69) is 36.2 Å². The first-order chi connectivity index (χ1) is 13.0. The van der Waals surface area contributed by atoms with Crippen molar-refractivity contribution in [2.24, 2.45) is 0 Å². The minimum atomic E-state index is -0.308. The number of hydrogen-bond donors (Lipinski definition) is 2. The van der Waals surface area contributed by atoms with Crippen molar-refractivity contribution in [3.63, 3.8) is 0 Å². The van der Waals surface area contributed by atoms with E-state index < -0.39 is 0 Å². The first-order valence-electron chi connectivity index (χ1n) is 8.40. The maximum Gasteiger partial charge on any atom is 0.319 e. The Morgan fingerprint density at radius 3 is 2.78 bits per heavy atom. The number of methoxy groups -OCH3 is 1. The topological polar surface area (TPSA) is 125 Å². The minimum Gasteiger partial charge on any atom is -0.497 e. The van der Waals surface area contributed by atoms with Crippen LogP contribution in [-0.4, -0.2) is 54.7 Å². The Kier molecular flexibility index (Phi) is 5.59. The van der Waals surface area contributed by atoms with E-state index in [1.807, 2.05) is 18.5 Å². The molecule has 142 valence electrons. The van der Waals surface area contributed by atoms with E-state index >= 15 is 0 Å². The zero-order valence-corrected chi connectivity index (χ0v) is 15.4. The predicted octanol–water partition coefficient (Wildman–Crippen LogP) is 1.09. The Morgan fingerprint density at radius 1 is 1.26 bits per heavy atom. The number of urea groups is 1. The van der Waals surface area contributed by atoms with E-state index in [4.69, 9.17) is 4.74 Å². The largest absolute Gasteiger partial charge is 0.497 e. The highest BCUT2D eigenvalue weighted by molar-refractivity contribution is 5.89. The third-order valence-corrected chi connectivity index (χ3v) is 3.79. The van der Waals surface area contributed by atoms with Crippen LogP contribution in [0.5, 0.6) is 5.75 Å². The number of aryl methyl sites for hydroxylation is 3. The molecule has 0 atom stereocenters. The molecule has 0 saturated carbocycles. The van der Waals surface area contributed by atoms with E-state index in [1.54, 1.807) is 25.3 Å². The van der Waals surface area contributed by atoms with Gasteiger partial charge in [-0.05, 0) is 36.8 Å². The van der Waals surface area contributed by atoms with Crippen molar-refractivity contribution in [3.05, 3.63) is 36.2 Å². The van der Waals surface area contributed by atoms with Gasteiger partial charge in [-0.25, -0.2) is 14.5 Å². The molecule has 2 amide bonds. The number of benzene rings is 1. The molecule has 2 N–H and O–H groups in total. The molecule has 3 aromatic rings. The van der Waals surface area contributed by atoms with Gasteiger partial charge in [0, 0.05) is 30.9 Å². The van der Waals surface area contributed by atoms with Gasteiger partial charge in [-0.3, -0.25) is 4.68 Å². The van der Waals surface area contributed by atoms with Gasteiger partial charge in [0.1, 0.15) is 23.7 Å². The molecule has 0 radical (unpaired) electrons. The molecule has 11 heteroatoms. The van der Waals surface area contributed by atoms with Crippen LogP contribution in [0.3, 0.4) is 0 Å². The third kappa shape index (κ3) is 4.77. The summed E-state index contributed by atoms with van der Waals surface area (Å²) in [5, 5.41) is 21.0. The number of nitrogens with zero attached hydrogens (tertiary/aromatic N) is 7. The number of carbonyl (C=O) groups excluding carboxylic acids is 1. The molecule has 0 spiro atoms. The summed E-state index contributed by atoms with van der Waals surface area (Å²) in [5.41, 5.74) is 1.24. The van der Waals surface area contributed by atoms with Gasteiger partial charge in [0.2, 0.25) is 0 Å². The second kappa shape index (κ2) is 8.25. The highest BCUT2D eigenvalue weighted by Gasteiger charge is 2.08. The zero-order valence-electron chi connectivity index (χ0n) is 15.4. The molecule has 2 heterocycles. The molecule has 1 aromatic carbocycles. The standard InChI is InChI=1S/C16H21N9O2/c1-11-19-12(2)24(21-11)6-4-5-17-16(26)20-13-7-14(9-15(8-13)27-3)25-10-18-22-23-25/h7-10H,4-6H2,1-3H3,(H2,17,20,26). The van der Waals surface area contributed by atoms with Gasteiger partial charge >= 0.3 is 6.03 Å². The van der Waals surface area contributed by atoms with Crippen LogP contribution in [0.2, 0.25) is 0 Å². The van der Waals surface area contributed by atoms with Crippen LogP contribution in [0, 0.1) is 13.8 Å². The van der Waals surface area contributed by atoms with Crippen molar-refractivity contribution in [1.29, 1.82) is 0 Å². The quantitative estimate of drug-likeness (QED) is 0.596. The molecule has 0 aliphatic carbocycles. The molecule has 3 rings (SSSR count). The molecule has 11 nitrogen and oxygen atoms in total. The van der Waals surface area contributed by atoms with Crippen LogP contribution in [-0.2, 0) is 6.54 Å². The maximum absolute atomic E-state index is 12.1. The zero-order chi connectivity index (χ0) is 19.2. The van der Waals surface area contributed by atoms with E-state index in [0.717, 1.165) is 18.1 Å². The highest BCUT2D eigenvalue weighted by Crippen LogP contribution is 2.22. The third-order valence-electron chi connectivity index (χ3n) is 3.79. The van der Waals surface area contributed by atoms with Gasteiger partial charge in [-0.15, -0.1) is 5.10 Å². The van der Waals surface area contributed by atoms with Crippen LogP contribution in [0.4, 0.5) is 10.5 Å². The molecule has 0 saturated heterocycles. The lowest BCUT2D eigenvalue weighted by Gasteiger charge is -2.11. The second-order valence-corrected chi connectivity index (χ2v) is 5.84. The number of anilines is 1. The van der Waals surface area contributed by atoms with E-state index in [-0.39, 0.29) is 6.03 Å². The average Bonchev–Trinajstić information content (AvgIpc) is 3.28. The summed E-state index contributed by atoms with van der Waals surface area (Å²) in [7, 11) is 1.55. The van der Waals surface area contributed by atoms with Gasteiger partial charge in [-0.1, -0.05) is 0 Å². The van der Waals surface area contributed by atoms with Crippen molar-refractivity contribution < 1.29 is 9.53 Å². The number of tetrazole rings is 1. The van der Waals surface area contributed by atoms with Crippen molar-refractivity contribution >= 4 is 11.7 Å². The monoisotopic (exact) mass is 371 g/mol. The SMILES string of the molecule is COc1cc(NC(=O)NCCCn2nc(C)nc2C)cc(-n2cnnn2)c1. The van der Waals surface area contributed by atoms with Crippen LogP contribution in [0.1, 0.15) is 18.1 Å². The van der Waals surface area contributed by atoms with E-state index in [1.165, 1.54) is 11.0 Å². The molecular weight excluding hydrogens is 350 g/mol. The molecule has 2 aromatic heterocycles. The Hall–Kier alpha value is -3.50. The van der Waals surface area contributed by atoms with Crippen molar-refractivity contribution in [2.45, 2.75) is 26.8 Å². The van der Waals surface area contributed by atoms with Crippen molar-refractivity contribution in [3.8, 4) is 11.4 Å². The normalized spacial score (nSPS) is 10.6. The molecule has 0 fully saturated rings. The summed E-state index contributed by atoms with van der Waals surface area (Å²) in [6.07, 6.45) is 2.21. The summed E-state index contributed by atoms with van der Waals surface area (Å²) >= 11 is 0. The fourth-order valence-corrected chi connectivity index (χ4v) is 2.56. The first-order valence-corrected chi connectivity index (χ1v) is 8.40. The lowest BCUT2D eigenvalue weighted by atomic mass is 10.2. The second-order valence-electron chi connectivity index (χ2n) is 5.84. The number of rotatable bonds is 7. The molecule has 0 aliphatic rings. The summed E-state index contributed by atoms with van der Waals surface area (Å²) in [6, 6.07) is 4.93. The Bertz CT molecular complexity index is 905. The lowest BCUT2D eigenvalue weighted by molar-refractivity contribution is 0.251. The lowest BCUT2D eigenvalue weighted by Crippen LogP contribution is -2.30. The average molecular weight is 371 g/mol. The summed E-state index contributed by atoms with van der Waals surface area (Å²) in [4.78, 5) is 16.4. The van der Waals surface area contributed by atoms with Gasteiger partial charge in [-0.2, -0.15) is 5.10 Å². The summed E-state index contributed by atoms with van der Waals surface area (Å²) in [5.74, 6) is 2.19. The van der Waals surface area contributed by atoms with Gasteiger partial charge in [0.05, 0.1) is 12.8 Å². The molecular formula is C16H21N9O2. The Morgan fingerprint density at radius 2 is 2.11 bits per heavy atom. The molecule has 27 heavy (non-hydrogen) atoms. The van der Waals surface area contributed by atoms with E-state index in [0.29, 0.717) is 30.2 Å². The van der Waals surface area contributed by atoms with Gasteiger partial charge in [0.25, 0.3) is 0 Å². The molecule has 0 aliphatic heterocycles. The van der Waals surface area contributed by atoms with E-state index in [9.17, 15) is 4.79 Å². The fourth-order valence-electron chi connectivity index (χ4n) is 2.56. The smallest absolute Gasteiger partial charge is 0.319 e. The minimum absolute atomic E-state index is 0.308. The van der Waals surface area contributed by atoms with Crippen LogP contribution in [0.25, 0.3) is 5.69 Å². The van der Waals surface area contributed by atoms with Crippen LogP contribution < -0.4 is 15.4 Å². The number of hydrogen-bond acceptors (Lipinski definition) is 7. The highest BCUT2D eigenvalue weighted by atomic mass is 16.5. The van der Waals surface area contributed by atoms with Crippen molar-refractivity contribution in [2.75, 3.05) is 19.0 Å². The Labute approximate surface area is 155 Å². The van der Waals surface area contributed by atoms with Crippen LogP contribution >= 0.6 is 0 Å². The first kappa shape index (κ1) is 18.3. The number of nitrogens with one attached hydrogen (secondary N) is 2. The summed E-state index contributed by atoms with van der Waals surface area (Å²) < 4.78 is 8.58. The Balaban J connectivity index is 1.54. The summed E-state index contributed by atoms with van der Waals surface area (Å²) in [6.45, 7) is 4.96. The number of ether oxygens (including phenoxy) is 1. The number of aromatic nitrogens is 7. The molecule has 0 unspecified atom stereocenters.